The Bertz CT molecular complexity index is 589. The molecule has 0 spiro atoms. The summed E-state index contributed by atoms with van der Waals surface area (Å²) in [5.74, 6) is 0.673. The lowest BCUT2D eigenvalue weighted by atomic mass is 10.1. The van der Waals surface area contributed by atoms with Crippen LogP contribution in [0.3, 0.4) is 0 Å². The van der Waals surface area contributed by atoms with Gasteiger partial charge >= 0.3 is 8.80 Å². The lowest BCUT2D eigenvalue weighted by Crippen LogP contribution is -2.55. The third-order valence-corrected chi connectivity index (χ3v) is 6.00. The van der Waals surface area contributed by atoms with Gasteiger partial charge in [0, 0.05) is 33.8 Å². The molecule has 0 heterocycles. The number of hydrogen-bond donors (Lipinski definition) is 0. The van der Waals surface area contributed by atoms with E-state index in [-0.39, 0.29) is 6.79 Å². The number of rotatable bonds is 7. The van der Waals surface area contributed by atoms with E-state index < -0.39 is 8.80 Å². The van der Waals surface area contributed by atoms with Gasteiger partial charge in [-0.2, -0.15) is 0 Å². The fourth-order valence-electron chi connectivity index (χ4n) is 2.34. The summed E-state index contributed by atoms with van der Waals surface area (Å²) in [7, 11) is 3.33. The number of ether oxygens (including phenoxy) is 2. The summed E-state index contributed by atoms with van der Waals surface area (Å²) in [6, 6.07) is 11.9. The van der Waals surface area contributed by atoms with Crippen LogP contribution in [0.25, 0.3) is 10.8 Å². The first-order valence-corrected chi connectivity index (χ1v) is 8.24. The Morgan fingerprint density at radius 2 is 1.52 bits per heavy atom. The van der Waals surface area contributed by atoms with Crippen molar-refractivity contribution in [1.29, 1.82) is 0 Å². The van der Waals surface area contributed by atoms with E-state index in [1.807, 2.05) is 36.4 Å². The highest BCUT2D eigenvalue weighted by atomic mass is 28.4. The molecule has 2 aromatic rings. The fourth-order valence-corrected chi connectivity index (χ4v) is 4.27. The molecule has 0 amide bonds. The van der Waals surface area contributed by atoms with Crippen LogP contribution in [0.15, 0.2) is 36.4 Å². The maximum atomic E-state index is 5.78. The molecule has 0 atom stereocenters. The van der Waals surface area contributed by atoms with Crippen molar-refractivity contribution in [3.63, 3.8) is 0 Å². The molecule has 0 saturated carbocycles. The minimum absolute atomic E-state index is 0.141. The molecular weight excluding hydrogens is 288 g/mol. The van der Waals surface area contributed by atoms with E-state index in [1.54, 1.807) is 28.4 Å². The Labute approximate surface area is 125 Å². The first kappa shape index (κ1) is 15.9. The van der Waals surface area contributed by atoms with Gasteiger partial charge in [0.25, 0.3) is 0 Å². The van der Waals surface area contributed by atoms with Gasteiger partial charge in [-0.1, -0.05) is 36.4 Å². The molecule has 0 aliphatic rings. The van der Waals surface area contributed by atoms with Crippen molar-refractivity contribution in [2.24, 2.45) is 0 Å². The van der Waals surface area contributed by atoms with E-state index in [4.69, 9.17) is 22.8 Å². The summed E-state index contributed by atoms with van der Waals surface area (Å²) in [6.45, 7) is 0.141. The molecule has 0 saturated heterocycles. The van der Waals surface area contributed by atoms with Crippen molar-refractivity contribution in [2.45, 2.75) is 0 Å². The zero-order chi connectivity index (χ0) is 15.3. The minimum Gasteiger partial charge on any atom is -0.467 e. The van der Waals surface area contributed by atoms with Crippen molar-refractivity contribution in [2.75, 3.05) is 35.2 Å². The molecular formula is C15H20O5Si. The lowest BCUT2D eigenvalue weighted by molar-refractivity contribution is 0.0520. The maximum Gasteiger partial charge on any atom is 0.540 e. The first-order valence-electron chi connectivity index (χ1n) is 6.51. The molecule has 0 N–H and O–H groups in total. The van der Waals surface area contributed by atoms with E-state index in [9.17, 15) is 0 Å². The van der Waals surface area contributed by atoms with Crippen LogP contribution in [0.4, 0.5) is 0 Å². The molecule has 2 aromatic carbocycles. The Balaban J connectivity index is 2.66. The highest BCUT2D eigenvalue weighted by Crippen LogP contribution is 2.27. The first-order chi connectivity index (χ1) is 10.2. The highest BCUT2D eigenvalue weighted by molar-refractivity contribution is 6.76. The second-order valence-electron chi connectivity index (χ2n) is 4.38. The molecule has 0 aliphatic carbocycles. The van der Waals surface area contributed by atoms with Gasteiger partial charge in [-0.3, -0.25) is 0 Å². The second kappa shape index (κ2) is 7.01. The summed E-state index contributed by atoms with van der Waals surface area (Å²) < 4.78 is 27.5. The Morgan fingerprint density at radius 1 is 0.857 bits per heavy atom. The number of methoxy groups -OCH3 is 1. The molecule has 21 heavy (non-hydrogen) atoms. The quantitative estimate of drug-likeness (QED) is 0.577. The maximum absolute atomic E-state index is 5.78. The average molecular weight is 308 g/mol. The third kappa shape index (κ3) is 2.95. The zero-order valence-electron chi connectivity index (χ0n) is 12.7. The number of fused-ring (bicyclic) bond motifs is 1. The molecule has 2 rings (SSSR count). The number of benzene rings is 2. The summed E-state index contributed by atoms with van der Waals surface area (Å²) in [5.41, 5.74) is 0. The van der Waals surface area contributed by atoms with E-state index in [0.29, 0.717) is 5.75 Å². The Morgan fingerprint density at radius 3 is 2.14 bits per heavy atom. The molecule has 5 nitrogen and oxygen atoms in total. The average Bonchev–Trinajstić information content (AvgIpc) is 2.55. The van der Waals surface area contributed by atoms with Crippen LogP contribution in [0.5, 0.6) is 5.75 Å². The highest BCUT2D eigenvalue weighted by Gasteiger charge is 2.44. The van der Waals surface area contributed by atoms with Gasteiger partial charge in [0.2, 0.25) is 0 Å². The lowest BCUT2D eigenvalue weighted by Gasteiger charge is -2.27. The smallest absolute Gasteiger partial charge is 0.467 e. The van der Waals surface area contributed by atoms with Gasteiger partial charge in [0.15, 0.2) is 6.79 Å². The second-order valence-corrected chi connectivity index (χ2v) is 7.26. The molecule has 0 aliphatic heterocycles. The predicted octanol–water partition coefficient (Wildman–Crippen LogP) is 1.91. The van der Waals surface area contributed by atoms with Crippen molar-refractivity contribution >= 4 is 24.8 Å². The molecule has 0 radical (unpaired) electrons. The van der Waals surface area contributed by atoms with Crippen LogP contribution in [-0.4, -0.2) is 44.0 Å². The molecule has 0 aromatic heterocycles. The summed E-state index contributed by atoms with van der Waals surface area (Å²) in [6.07, 6.45) is 0. The van der Waals surface area contributed by atoms with E-state index in [0.717, 1.165) is 16.0 Å². The van der Waals surface area contributed by atoms with Crippen molar-refractivity contribution in [1.82, 2.24) is 0 Å². The van der Waals surface area contributed by atoms with Crippen LogP contribution in [0, 0.1) is 0 Å². The SMILES string of the molecule is COCOc1c([Si](OC)(OC)OC)ccc2ccccc12. The largest absolute Gasteiger partial charge is 0.540 e. The zero-order valence-corrected chi connectivity index (χ0v) is 13.7. The van der Waals surface area contributed by atoms with Crippen LogP contribution in [0.1, 0.15) is 0 Å². The van der Waals surface area contributed by atoms with E-state index in [2.05, 4.69) is 0 Å². The van der Waals surface area contributed by atoms with Crippen molar-refractivity contribution in [3.8, 4) is 5.75 Å². The Hall–Kier alpha value is -1.44. The van der Waals surface area contributed by atoms with Gasteiger partial charge in [0.1, 0.15) is 5.75 Å². The topological polar surface area (TPSA) is 46.2 Å². The molecule has 0 fully saturated rings. The standard InChI is InChI=1S/C15H20O5Si/c1-16-11-20-15-13-8-6-5-7-12(13)9-10-14(15)21(17-2,18-3)19-4/h5-10H,11H2,1-4H3. The van der Waals surface area contributed by atoms with Crippen LogP contribution in [-0.2, 0) is 18.0 Å². The number of hydrogen-bond acceptors (Lipinski definition) is 5. The molecule has 0 bridgehead atoms. The third-order valence-electron chi connectivity index (χ3n) is 3.34. The van der Waals surface area contributed by atoms with E-state index >= 15 is 0 Å². The summed E-state index contributed by atoms with van der Waals surface area (Å²) in [4.78, 5) is 0. The Kier molecular flexibility index (Phi) is 5.32. The van der Waals surface area contributed by atoms with Gasteiger partial charge in [-0.15, -0.1) is 0 Å². The summed E-state index contributed by atoms with van der Waals surface area (Å²) in [5, 5.41) is 2.82. The predicted molar refractivity (Wildman–Crippen MR) is 82.9 cm³/mol. The fraction of sp³-hybridized carbons (Fsp3) is 0.333. The van der Waals surface area contributed by atoms with Crippen molar-refractivity contribution < 1.29 is 22.8 Å². The van der Waals surface area contributed by atoms with Crippen LogP contribution in [0.2, 0.25) is 0 Å². The van der Waals surface area contributed by atoms with Gasteiger partial charge < -0.3 is 22.8 Å². The molecule has 0 unspecified atom stereocenters. The van der Waals surface area contributed by atoms with Crippen LogP contribution >= 0.6 is 0 Å². The normalized spacial score (nSPS) is 11.8. The summed E-state index contributed by atoms with van der Waals surface area (Å²) >= 11 is 0. The van der Waals surface area contributed by atoms with Crippen LogP contribution < -0.4 is 9.92 Å². The molecule has 6 heteroatoms. The minimum atomic E-state index is -2.99. The van der Waals surface area contributed by atoms with Gasteiger partial charge in [-0.05, 0) is 5.39 Å². The monoisotopic (exact) mass is 308 g/mol. The van der Waals surface area contributed by atoms with Gasteiger partial charge in [-0.25, -0.2) is 0 Å². The van der Waals surface area contributed by atoms with Crippen molar-refractivity contribution in [3.05, 3.63) is 36.4 Å². The van der Waals surface area contributed by atoms with E-state index in [1.165, 1.54) is 0 Å². The van der Waals surface area contributed by atoms with Gasteiger partial charge in [0.05, 0.1) is 5.19 Å². The molecule has 114 valence electrons.